The molecule has 2 heterocycles. The Kier molecular flexibility index (Phi) is 3.21. The molecule has 1 N–H and O–H groups in total. The van der Waals surface area contributed by atoms with Crippen LogP contribution in [0.2, 0.25) is 0 Å². The average Bonchev–Trinajstić information content (AvgIpc) is 2.86. The lowest BCUT2D eigenvalue weighted by molar-refractivity contribution is -0.115. The standard InChI is InChI=1S/C15H16N4O2/c1-3-11-10(8-18(2)17-11)15(21)19-9-14(20)16-12-6-4-5-7-13(12)19/h4-8H,3,9H2,1-2H3,(H,16,20). The zero-order valence-electron chi connectivity index (χ0n) is 12.0. The fourth-order valence-electron chi connectivity index (χ4n) is 2.53. The van der Waals surface area contributed by atoms with Gasteiger partial charge in [0.2, 0.25) is 5.91 Å². The van der Waals surface area contributed by atoms with Gasteiger partial charge in [0.15, 0.2) is 0 Å². The van der Waals surface area contributed by atoms with E-state index < -0.39 is 0 Å². The van der Waals surface area contributed by atoms with E-state index in [-0.39, 0.29) is 18.4 Å². The monoisotopic (exact) mass is 284 g/mol. The molecule has 2 aromatic rings. The Morgan fingerprint density at radius 2 is 2.14 bits per heavy atom. The highest BCUT2D eigenvalue weighted by atomic mass is 16.2. The summed E-state index contributed by atoms with van der Waals surface area (Å²) in [5, 5.41) is 7.06. The molecule has 0 bridgehead atoms. The van der Waals surface area contributed by atoms with Crippen LogP contribution in [0.1, 0.15) is 23.0 Å². The van der Waals surface area contributed by atoms with Crippen molar-refractivity contribution in [1.82, 2.24) is 9.78 Å². The lowest BCUT2D eigenvalue weighted by Crippen LogP contribution is -2.42. The molecule has 2 amide bonds. The largest absolute Gasteiger partial charge is 0.323 e. The second-order valence-electron chi connectivity index (χ2n) is 4.97. The molecule has 1 aliphatic heterocycles. The number of carbonyl (C=O) groups excluding carboxylic acids is 2. The fraction of sp³-hybridized carbons (Fsp3) is 0.267. The molecular weight excluding hydrogens is 268 g/mol. The third-order valence-electron chi connectivity index (χ3n) is 3.49. The van der Waals surface area contributed by atoms with Crippen LogP contribution in [0, 0.1) is 0 Å². The maximum absolute atomic E-state index is 12.8. The number of aromatic nitrogens is 2. The van der Waals surface area contributed by atoms with Gasteiger partial charge < -0.3 is 5.32 Å². The number of amides is 2. The van der Waals surface area contributed by atoms with Crippen LogP contribution < -0.4 is 10.2 Å². The Morgan fingerprint density at radius 3 is 2.90 bits per heavy atom. The predicted molar refractivity (Wildman–Crippen MR) is 79.3 cm³/mol. The van der Waals surface area contributed by atoms with Crippen LogP contribution in [0.25, 0.3) is 0 Å². The van der Waals surface area contributed by atoms with Crippen molar-refractivity contribution in [2.24, 2.45) is 7.05 Å². The summed E-state index contributed by atoms with van der Waals surface area (Å²) in [6, 6.07) is 7.29. The summed E-state index contributed by atoms with van der Waals surface area (Å²) in [5.41, 5.74) is 2.66. The normalized spacial score (nSPS) is 13.8. The second kappa shape index (κ2) is 5.05. The molecule has 108 valence electrons. The van der Waals surface area contributed by atoms with Gasteiger partial charge in [0.1, 0.15) is 6.54 Å². The van der Waals surface area contributed by atoms with Crippen molar-refractivity contribution >= 4 is 23.2 Å². The van der Waals surface area contributed by atoms with Gasteiger partial charge in [-0.3, -0.25) is 19.2 Å². The first kappa shape index (κ1) is 13.4. The van der Waals surface area contributed by atoms with Crippen LogP contribution in [0.5, 0.6) is 0 Å². The van der Waals surface area contributed by atoms with Gasteiger partial charge in [-0.2, -0.15) is 5.10 Å². The molecule has 1 aromatic heterocycles. The van der Waals surface area contributed by atoms with Crippen molar-refractivity contribution in [2.75, 3.05) is 16.8 Å². The number of nitrogens with zero attached hydrogens (tertiary/aromatic N) is 3. The molecule has 3 rings (SSSR count). The lowest BCUT2D eigenvalue weighted by atomic mass is 10.1. The molecular formula is C15H16N4O2. The molecule has 6 heteroatoms. The maximum atomic E-state index is 12.8. The van der Waals surface area contributed by atoms with Gasteiger partial charge in [-0.25, -0.2) is 0 Å². The van der Waals surface area contributed by atoms with Crippen LogP contribution in [0.4, 0.5) is 11.4 Å². The highest BCUT2D eigenvalue weighted by molar-refractivity contribution is 6.15. The highest BCUT2D eigenvalue weighted by Crippen LogP contribution is 2.30. The van der Waals surface area contributed by atoms with Gasteiger partial charge in [0.25, 0.3) is 5.91 Å². The lowest BCUT2D eigenvalue weighted by Gasteiger charge is -2.29. The minimum absolute atomic E-state index is 0.0217. The van der Waals surface area contributed by atoms with Gasteiger partial charge in [-0.15, -0.1) is 0 Å². The third-order valence-corrected chi connectivity index (χ3v) is 3.49. The fourth-order valence-corrected chi connectivity index (χ4v) is 2.53. The molecule has 0 aliphatic carbocycles. The van der Waals surface area contributed by atoms with Crippen LogP contribution in [-0.2, 0) is 18.3 Å². The second-order valence-corrected chi connectivity index (χ2v) is 4.97. The van der Waals surface area contributed by atoms with Crippen LogP contribution in [0.3, 0.4) is 0 Å². The zero-order chi connectivity index (χ0) is 15.0. The maximum Gasteiger partial charge on any atom is 0.262 e. The van der Waals surface area contributed by atoms with Gasteiger partial charge in [-0.1, -0.05) is 19.1 Å². The topological polar surface area (TPSA) is 67.2 Å². The summed E-state index contributed by atoms with van der Waals surface area (Å²) < 4.78 is 1.63. The number of carbonyl (C=O) groups is 2. The smallest absolute Gasteiger partial charge is 0.262 e. The summed E-state index contributed by atoms with van der Waals surface area (Å²) in [7, 11) is 1.78. The van der Waals surface area contributed by atoms with Crippen molar-refractivity contribution in [3.05, 3.63) is 41.7 Å². The first-order valence-corrected chi connectivity index (χ1v) is 6.83. The van der Waals surface area contributed by atoms with Gasteiger partial charge in [0, 0.05) is 13.2 Å². The van der Waals surface area contributed by atoms with Crippen molar-refractivity contribution in [1.29, 1.82) is 0 Å². The molecule has 0 saturated carbocycles. The first-order valence-electron chi connectivity index (χ1n) is 6.83. The third kappa shape index (κ3) is 2.29. The predicted octanol–water partition coefficient (Wildman–Crippen LogP) is 1.58. The molecule has 0 atom stereocenters. The van der Waals surface area contributed by atoms with Gasteiger partial charge in [-0.05, 0) is 18.6 Å². The zero-order valence-corrected chi connectivity index (χ0v) is 12.0. The van der Waals surface area contributed by atoms with Crippen molar-refractivity contribution < 1.29 is 9.59 Å². The van der Waals surface area contributed by atoms with E-state index in [1.54, 1.807) is 24.0 Å². The molecule has 1 aliphatic rings. The Labute approximate surface area is 122 Å². The summed E-state index contributed by atoms with van der Waals surface area (Å²) >= 11 is 0. The summed E-state index contributed by atoms with van der Waals surface area (Å²) in [4.78, 5) is 26.1. The van der Waals surface area contributed by atoms with Gasteiger partial charge >= 0.3 is 0 Å². The van der Waals surface area contributed by atoms with E-state index in [4.69, 9.17) is 0 Å². The van der Waals surface area contributed by atoms with E-state index in [1.807, 2.05) is 25.1 Å². The number of para-hydroxylation sites is 2. The van der Waals surface area contributed by atoms with E-state index in [1.165, 1.54) is 4.90 Å². The Bertz CT molecular complexity index is 720. The number of hydrogen-bond donors (Lipinski definition) is 1. The molecule has 0 unspecified atom stereocenters. The SMILES string of the molecule is CCc1nn(C)cc1C(=O)N1CC(=O)Nc2ccccc21. The van der Waals surface area contributed by atoms with Crippen molar-refractivity contribution in [2.45, 2.75) is 13.3 Å². The molecule has 21 heavy (non-hydrogen) atoms. The summed E-state index contributed by atoms with van der Waals surface area (Å²) in [5.74, 6) is -0.383. The van der Waals surface area contributed by atoms with E-state index in [9.17, 15) is 9.59 Å². The first-order chi connectivity index (χ1) is 10.1. The molecule has 0 fully saturated rings. The van der Waals surface area contributed by atoms with Crippen molar-refractivity contribution in [3.63, 3.8) is 0 Å². The number of anilines is 2. The molecule has 0 spiro atoms. The molecule has 0 radical (unpaired) electrons. The quantitative estimate of drug-likeness (QED) is 0.910. The van der Waals surface area contributed by atoms with E-state index >= 15 is 0 Å². The Morgan fingerprint density at radius 1 is 1.38 bits per heavy atom. The van der Waals surface area contributed by atoms with E-state index in [0.717, 1.165) is 5.69 Å². The number of nitrogens with one attached hydrogen (secondary N) is 1. The average molecular weight is 284 g/mol. The van der Waals surface area contributed by atoms with E-state index in [2.05, 4.69) is 10.4 Å². The van der Waals surface area contributed by atoms with Crippen LogP contribution in [0.15, 0.2) is 30.5 Å². The minimum atomic E-state index is -0.192. The number of hydrogen-bond acceptors (Lipinski definition) is 3. The van der Waals surface area contributed by atoms with E-state index in [0.29, 0.717) is 23.4 Å². The summed E-state index contributed by atoms with van der Waals surface area (Å²) in [6.07, 6.45) is 2.37. The Hall–Kier alpha value is -2.63. The highest BCUT2D eigenvalue weighted by Gasteiger charge is 2.29. The number of rotatable bonds is 2. The van der Waals surface area contributed by atoms with Gasteiger partial charge in [0.05, 0.1) is 22.6 Å². The van der Waals surface area contributed by atoms with Crippen LogP contribution >= 0.6 is 0 Å². The number of aryl methyl sites for hydroxylation is 2. The minimum Gasteiger partial charge on any atom is -0.323 e. The molecule has 6 nitrogen and oxygen atoms in total. The molecule has 1 aromatic carbocycles. The number of benzene rings is 1. The van der Waals surface area contributed by atoms with Crippen molar-refractivity contribution in [3.8, 4) is 0 Å². The summed E-state index contributed by atoms with van der Waals surface area (Å²) in [6.45, 7) is 1.98. The van der Waals surface area contributed by atoms with Crippen LogP contribution in [-0.4, -0.2) is 28.1 Å². The Balaban J connectivity index is 2.04. The molecule has 0 saturated heterocycles. The number of fused-ring (bicyclic) bond motifs is 1.